The number of ketones is 1. The van der Waals surface area contributed by atoms with E-state index in [4.69, 9.17) is 4.79 Å². The molecule has 0 atom stereocenters. The van der Waals surface area contributed by atoms with Crippen LogP contribution in [0.1, 0.15) is 12.0 Å². The van der Waals surface area contributed by atoms with Gasteiger partial charge in [0.25, 0.3) is 10.1 Å². The second-order valence-electron chi connectivity index (χ2n) is 3.76. The van der Waals surface area contributed by atoms with Crippen LogP contribution in [-0.2, 0) is 23.9 Å². The zero-order chi connectivity index (χ0) is 16.7. The highest BCUT2D eigenvalue weighted by Crippen LogP contribution is 2.19. The first-order valence-electron chi connectivity index (χ1n) is 5.48. The van der Waals surface area contributed by atoms with Gasteiger partial charge >= 0.3 is 6.18 Å². The fourth-order valence-corrected chi connectivity index (χ4v) is 2.07. The Hall–Kier alpha value is -1.74. The average molecular weight is 326 g/mol. The monoisotopic (exact) mass is 326 g/mol. The third-order valence-corrected chi connectivity index (χ3v) is 3.52. The molecule has 0 saturated heterocycles. The second-order valence-corrected chi connectivity index (χ2v) is 5.38. The maximum Gasteiger partial charge on any atom is 0.450 e. The molecule has 21 heavy (non-hydrogen) atoms. The van der Waals surface area contributed by atoms with Crippen LogP contribution in [0.4, 0.5) is 13.2 Å². The van der Waals surface area contributed by atoms with Crippen molar-refractivity contribution in [3.8, 4) is 0 Å². The number of halogens is 3. The minimum absolute atomic E-state index is 0.169. The Bertz CT molecular complexity index is 564. The standard InChI is InChI=1S/C11H11F3O4S.CH2O/c1-8-2-4-9(5-3-8)19(16,17)18-7-6-10(15)11(12,13)14;1-2/h2-5H,6-7H2,1H3;1H2. The molecule has 1 aromatic carbocycles. The molecule has 0 aliphatic rings. The molecular weight excluding hydrogens is 313 g/mol. The Morgan fingerprint density at radius 3 is 2.10 bits per heavy atom. The van der Waals surface area contributed by atoms with Crippen LogP contribution < -0.4 is 0 Å². The molecule has 1 rings (SSSR count). The van der Waals surface area contributed by atoms with Crippen molar-refractivity contribution >= 4 is 22.7 Å². The maximum absolute atomic E-state index is 11.9. The number of aryl methyl sites for hydroxylation is 1. The van der Waals surface area contributed by atoms with Crippen LogP contribution in [0.2, 0.25) is 0 Å². The van der Waals surface area contributed by atoms with Crippen molar-refractivity contribution in [1.29, 1.82) is 0 Å². The Balaban J connectivity index is 0.00000191. The fourth-order valence-electron chi connectivity index (χ4n) is 1.16. The summed E-state index contributed by atoms with van der Waals surface area (Å²) < 4.78 is 63.1. The molecule has 0 N–H and O–H groups in total. The van der Waals surface area contributed by atoms with Crippen molar-refractivity contribution in [2.75, 3.05) is 6.61 Å². The average Bonchev–Trinajstić information content (AvgIpc) is 2.40. The minimum Gasteiger partial charge on any atom is -0.307 e. The largest absolute Gasteiger partial charge is 0.450 e. The van der Waals surface area contributed by atoms with Crippen LogP contribution in [0, 0.1) is 6.92 Å². The quantitative estimate of drug-likeness (QED) is 0.774. The molecule has 0 aliphatic heterocycles. The molecule has 0 aromatic heterocycles. The molecular formula is C12H13F3O5S. The molecule has 0 heterocycles. The number of carbonyl (C=O) groups excluding carboxylic acids is 2. The second kappa shape index (κ2) is 7.89. The summed E-state index contributed by atoms with van der Waals surface area (Å²) in [5.41, 5.74) is 0.825. The number of hydrogen-bond acceptors (Lipinski definition) is 5. The van der Waals surface area contributed by atoms with Gasteiger partial charge in [0.1, 0.15) is 6.79 Å². The predicted octanol–water partition coefficient (Wildman–Crippen LogP) is 2.04. The van der Waals surface area contributed by atoms with Gasteiger partial charge in [-0.05, 0) is 19.1 Å². The van der Waals surface area contributed by atoms with Crippen LogP contribution in [-0.4, -0.2) is 33.8 Å². The van der Waals surface area contributed by atoms with Gasteiger partial charge in [-0.1, -0.05) is 17.7 Å². The smallest absolute Gasteiger partial charge is 0.307 e. The molecule has 0 unspecified atom stereocenters. The van der Waals surface area contributed by atoms with Crippen molar-refractivity contribution in [1.82, 2.24) is 0 Å². The SMILES string of the molecule is C=O.Cc1ccc(S(=O)(=O)OCCC(=O)C(F)(F)F)cc1. The number of Topliss-reactive ketones (excluding diaryl/α,β-unsaturated/α-hetero) is 1. The van der Waals surface area contributed by atoms with Crippen molar-refractivity contribution < 1.29 is 35.4 Å². The van der Waals surface area contributed by atoms with Crippen LogP contribution in [0.25, 0.3) is 0 Å². The topological polar surface area (TPSA) is 77.5 Å². The van der Waals surface area contributed by atoms with Gasteiger partial charge in [0, 0.05) is 6.42 Å². The zero-order valence-corrected chi connectivity index (χ0v) is 11.8. The molecule has 0 radical (unpaired) electrons. The highest BCUT2D eigenvalue weighted by atomic mass is 32.2. The molecule has 1 aromatic rings. The van der Waals surface area contributed by atoms with E-state index >= 15 is 0 Å². The molecule has 118 valence electrons. The summed E-state index contributed by atoms with van der Waals surface area (Å²) >= 11 is 0. The molecule has 0 amide bonds. The third-order valence-electron chi connectivity index (χ3n) is 2.19. The minimum atomic E-state index is -4.98. The van der Waals surface area contributed by atoms with Crippen LogP contribution in [0.15, 0.2) is 29.2 Å². The van der Waals surface area contributed by atoms with Crippen LogP contribution in [0.5, 0.6) is 0 Å². The van der Waals surface area contributed by atoms with Crippen LogP contribution >= 0.6 is 0 Å². The molecule has 0 bridgehead atoms. The van der Waals surface area contributed by atoms with Crippen molar-refractivity contribution in [2.45, 2.75) is 24.4 Å². The first-order valence-corrected chi connectivity index (χ1v) is 6.89. The van der Waals surface area contributed by atoms with E-state index < -0.39 is 35.1 Å². The van der Waals surface area contributed by atoms with Gasteiger partial charge in [-0.15, -0.1) is 0 Å². The highest BCUT2D eigenvalue weighted by Gasteiger charge is 2.37. The van der Waals surface area contributed by atoms with E-state index in [1.807, 2.05) is 6.79 Å². The van der Waals surface area contributed by atoms with Gasteiger partial charge in [0.05, 0.1) is 11.5 Å². The lowest BCUT2D eigenvalue weighted by molar-refractivity contribution is -0.171. The lowest BCUT2D eigenvalue weighted by Gasteiger charge is -2.07. The Labute approximate surface area is 119 Å². The molecule has 0 fully saturated rings. The summed E-state index contributed by atoms with van der Waals surface area (Å²) in [7, 11) is -4.14. The lowest BCUT2D eigenvalue weighted by Crippen LogP contribution is -2.24. The van der Waals surface area contributed by atoms with E-state index in [-0.39, 0.29) is 4.90 Å². The first-order chi connectivity index (χ1) is 9.63. The number of benzene rings is 1. The van der Waals surface area contributed by atoms with Gasteiger partial charge in [-0.3, -0.25) is 8.98 Å². The molecule has 5 nitrogen and oxygen atoms in total. The van der Waals surface area contributed by atoms with E-state index in [1.165, 1.54) is 24.3 Å². The van der Waals surface area contributed by atoms with Gasteiger partial charge < -0.3 is 4.79 Å². The molecule has 0 saturated carbocycles. The highest BCUT2D eigenvalue weighted by molar-refractivity contribution is 7.86. The summed E-state index contributed by atoms with van der Waals surface area (Å²) in [5, 5.41) is 0. The van der Waals surface area contributed by atoms with Gasteiger partial charge in [0.15, 0.2) is 0 Å². The van der Waals surface area contributed by atoms with E-state index in [1.54, 1.807) is 6.92 Å². The van der Waals surface area contributed by atoms with Gasteiger partial charge in [0.2, 0.25) is 5.78 Å². The van der Waals surface area contributed by atoms with Gasteiger partial charge in [-0.2, -0.15) is 21.6 Å². The van der Waals surface area contributed by atoms with E-state index in [9.17, 15) is 26.4 Å². The van der Waals surface area contributed by atoms with Gasteiger partial charge in [-0.25, -0.2) is 0 Å². The Kier molecular flexibility index (Phi) is 7.23. The maximum atomic E-state index is 11.9. The number of alkyl halides is 3. The Morgan fingerprint density at radius 2 is 1.67 bits per heavy atom. The number of rotatable bonds is 5. The van der Waals surface area contributed by atoms with E-state index in [2.05, 4.69) is 4.18 Å². The summed E-state index contributed by atoms with van der Waals surface area (Å²) in [6.45, 7) is 2.91. The number of hydrogen-bond donors (Lipinski definition) is 0. The summed E-state index contributed by atoms with van der Waals surface area (Å²) in [6, 6.07) is 5.60. The van der Waals surface area contributed by atoms with Crippen molar-refractivity contribution in [2.24, 2.45) is 0 Å². The lowest BCUT2D eigenvalue weighted by atomic mass is 10.2. The third kappa shape index (κ3) is 6.50. The first kappa shape index (κ1) is 19.3. The van der Waals surface area contributed by atoms with E-state index in [0.29, 0.717) is 0 Å². The van der Waals surface area contributed by atoms with E-state index in [0.717, 1.165) is 5.56 Å². The fraction of sp³-hybridized carbons (Fsp3) is 0.333. The predicted molar refractivity (Wildman–Crippen MR) is 67.1 cm³/mol. The molecule has 0 spiro atoms. The molecule has 0 aliphatic carbocycles. The number of carbonyl (C=O) groups is 2. The summed E-state index contributed by atoms with van der Waals surface area (Å²) in [5.74, 6) is -2.02. The summed E-state index contributed by atoms with van der Waals surface area (Å²) in [6.07, 6.45) is -6.01. The Morgan fingerprint density at radius 1 is 1.19 bits per heavy atom. The van der Waals surface area contributed by atoms with Crippen molar-refractivity contribution in [3.05, 3.63) is 29.8 Å². The van der Waals surface area contributed by atoms with Crippen LogP contribution in [0.3, 0.4) is 0 Å². The normalized spacial score (nSPS) is 11.4. The zero-order valence-electron chi connectivity index (χ0n) is 11.0. The molecule has 9 heteroatoms. The van der Waals surface area contributed by atoms with Crippen molar-refractivity contribution in [3.63, 3.8) is 0 Å². The summed E-state index contributed by atoms with van der Waals surface area (Å²) in [4.78, 5) is 18.4.